The van der Waals surface area contributed by atoms with Crippen LogP contribution in [0.1, 0.15) is 38.4 Å². The number of benzene rings is 2. The van der Waals surface area contributed by atoms with Crippen molar-refractivity contribution in [1.82, 2.24) is 4.57 Å². The van der Waals surface area contributed by atoms with Crippen molar-refractivity contribution in [2.45, 2.75) is 19.5 Å². The molecule has 0 aliphatic rings. The molecule has 0 unspecified atom stereocenters. The molecule has 3 rings (SSSR count). The number of alkyl halides is 3. The van der Waals surface area contributed by atoms with E-state index in [1.54, 1.807) is 42.8 Å². The molecule has 0 aliphatic heterocycles. The minimum absolute atomic E-state index is 0.126. The fraction of sp³-hybridized carbons (Fsp3) is 0.227. The number of nitrogens with one attached hydrogen (secondary N) is 1. The van der Waals surface area contributed by atoms with Crippen LogP contribution in [0.4, 0.5) is 18.9 Å². The molecule has 170 valence electrons. The number of rotatable bonds is 6. The fourth-order valence-corrected chi connectivity index (χ4v) is 4.27. The van der Waals surface area contributed by atoms with Gasteiger partial charge in [0.15, 0.2) is 0 Å². The second kappa shape index (κ2) is 8.63. The molecule has 0 bridgehead atoms. The number of sulfonamides is 1. The first-order valence-corrected chi connectivity index (χ1v) is 11.7. The van der Waals surface area contributed by atoms with E-state index in [9.17, 15) is 26.4 Å². The highest BCUT2D eigenvalue weighted by Gasteiger charge is 2.30. The molecule has 0 saturated carbocycles. The van der Waals surface area contributed by atoms with Gasteiger partial charge in [-0.2, -0.15) is 13.2 Å². The Balaban J connectivity index is 1.89. The van der Waals surface area contributed by atoms with Crippen molar-refractivity contribution in [2.24, 2.45) is 7.05 Å². The van der Waals surface area contributed by atoms with Crippen LogP contribution in [0.25, 0.3) is 0 Å². The zero-order valence-corrected chi connectivity index (χ0v) is 19.0. The third-order valence-corrected chi connectivity index (χ3v) is 6.10. The zero-order chi connectivity index (χ0) is 23.8. The van der Waals surface area contributed by atoms with Gasteiger partial charge >= 0.3 is 6.18 Å². The lowest BCUT2D eigenvalue weighted by Gasteiger charge is -2.10. The van der Waals surface area contributed by atoms with Gasteiger partial charge in [0.1, 0.15) is 0 Å². The molecule has 5 nitrogen and oxygen atoms in total. The highest BCUT2D eigenvalue weighted by atomic mass is 35.5. The van der Waals surface area contributed by atoms with Gasteiger partial charge in [0, 0.05) is 30.4 Å². The van der Waals surface area contributed by atoms with Crippen LogP contribution in [0.2, 0.25) is 5.02 Å². The van der Waals surface area contributed by atoms with Crippen LogP contribution in [-0.2, 0) is 29.7 Å². The molecule has 1 N–H and O–H groups in total. The summed E-state index contributed by atoms with van der Waals surface area (Å²) in [5.74, 6) is -0.431. The van der Waals surface area contributed by atoms with Crippen molar-refractivity contribution in [2.75, 3.05) is 11.0 Å². The lowest BCUT2D eigenvalue weighted by Crippen LogP contribution is -2.12. The van der Waals surface area contributed by atoms with Gasteiger partial charge in [-0.1, -0.05) is 35.9 Å². The zero-order valence-electron chi connectivity index (χ0n) is 17.4. The number of ketones is 1. The van der Waals surface area contributed by atoms with Gasteiger partial charge in [-0.15, -0.1) is 0 Å². The third-order valence-electron chi connectivity index (χ3n) is 5.00. The number of nitrogens with zero attached hydrogens (tertiary/aromatic N) is 1. The number of hydrogen-bond donors (Lipinski definition) is 1. The Morgan fingerprint density at radius 1 is 1.06 bits per heavy atom. The summed E-state index contributed by atoms with van der Waals surface area (Å²) >= 11 is 6.49. The van der Waals surface area contributed by atoms with E-state index in [4.69, 9.17) is 11.6 Å². The molecule has 1 aromatic heterocycles. The number of carbonyl (C=O) groups excluding carboxylic acids is 1. The van der Waals surface area contributed by atoms with Crippen LogP contribution in [0.15, 0.2) is 48.5 Å². The second-order valence-corrected chi connectivity index (χ2v) is 9.57. The molecule has 32 heavy (non-hydrogen) atoms. The highest BCUT2D eigenvalue weighted by molar-refractivity contribution is 7.92. The summed E-state index contributed by atoms with van der Waals surface area (Å²) in [5.41, 5.74) is 2.03. The van der Waals surface area contributed by atoms with Gasteiger partial charge in [0.25, 0.3) is 0 Å². The monoisotopic (exact) mass is 484 g/mol. The maximum absolute atomic E-state index is 13.0. The molecular formula is C22H20ClF3N2O3S. The van der Waals surface area contributed by atoms with Crippen molar-refractivity contribution in [3.05, 3.63) is 87.2 Å². The molecule has 0 spiro atoms. The third kappa shape index (κ3) is 5.16. The highest BCUT2D eigenvalue weighted by Crippen LogP contribution is 2.32. The summed E-state index contributed by atoms with van der Waals surface area (Å²) in [7, 11) is -1.71. The second-order valence-electron chi connectivity index (χ2n) is 7.45. The quantitative estimate of drug-likeness (QED) is 0.489. The van der Waals surface area contributed by atoms with Crippen molar-refractivity contribution in [1.29, 1.82) is 0 Å². The Morgan fingerprint density at radius 2 is 1.62 bits per heavy atom. The molecule has 3 aromatic rings. The van der Waals surface area contributed by atoms with Crippen LogP contribution in [0, 0.1) is 6.92 Å². The molecule has 0 saturated heterocycles. The molecule has 0 atom stereocenters. The first-order chi connectivity index (χ1) is 14.8. The predicted octanol–water partition coefficient (Wildman–Crippen LogP) is 5.20. The average molecular weight is 485 g/mol. The van der Waals surface area contributed by atoms with Gasteiger partial charge in [0.05, 0.1) is 22.5 Å². The van der Waals surface area contributed by atoms with Gasteiger partial charge in [-0.25, -0.2) is 8.42 Å². The standard InChI is InChI=1S/C22H20ClF3N2O3S/c1-13-19(23)18(12-14-4-10-17(11-5-14)27-32(3,30)31)28(2)20(13)21(29)15-6-8-16(9-7-15)22(24,25)26/h4-11,27H,12H2,1-3H3. The number of halogens is 4. The maximum Gasteiger partial charge on any atom is 0.416 e. The van der Waals surface area contributed by atoms with E-state index in [0.29, 0.717) is 34.1 Å². The molecular weight excluding hydrogens is 465 g/mol. The molecule has 0 aliphatic carbocycles. The van der Waals surface area contributed by atoms with Crippen molar-refractivity contribution < 1.29 is 26.4 Å². The number of hydrogen-bond acceptors (Lipinski definition) is 3. The van der Waals surface area contributed by atoms with Crippen LogP contribution in [0.5, 0.6) is 0 Å². The topological polar surface area (TPSA) is 68.2 Å². The van der Waals surface area contributed by atoms with E-state index in [1.807, 2.05) is 0 Å². The van der Waals surface area contributed by atoms with Gasteiger partial charge in [-0.3, -0.25) is 9.52 Å². The molecule has 1 heterocycles. The Bertz CT molecular complexity index is 1260. The summed E-state index contributed by atoms with van der Waals surface area (Å²) in [4.78, 5) is 13.0. The molecule has 0 amide bonds. The summed E-state index contributed by atoms with van der Waals surface area (Å²) in [5, 5.41) is 0.390. The van der Waals surface area contributed by atoms with E-state index in [0.717, 1.165) is 36.1 Å². The Kier molecular flexibility index (Phi) is 6.44. The molecule has 10 heteroatoms. The Labute approximate surface area is 188 Å². The largest absolute Gasteiger partial charge is 0.416 e. The fourth-order valence-electron chi connectivity index (χ4n) is 3.42. The minimum atomic E-state index is -4.48. The van der Waals surface area contributed by atoms with E-state index in [1.165, 1.54) is 0 Å². The summed E-state index contributed by atoms with van der Waals surface area (Å²) < 4.78 is 65.1. The van der Waals surface area contributed by atoms with Crippen LogP contribution < -0.4 is 4.72 Å². The average Bonchev–Trinajstić information content (AvgIpc) is 2.90. The first kappa shape index (κ1) is 23.9. The van der Waals surface area contributed by atoms with Crippen LogP contribution in [0.3, 0.4) is 0 Å². The SMILES string of the molecule is Cc1c(Cl)c(Cc2ccc(NS(C)(=O)=O)cc2)n(C)c1C(=O)c1ccc(C(F)(F)F)cc1. The molecule has 0 fully saturated rings. The van der Waals surface area contributed by atoms with Crippen LogP contribution >= 0.6 is 11.6 Å². The normalized spacial score (nSPS) is 12.1. The van der Waals surface area contributed by atoms with E-state index >= 15 is 0 Å². The lowest BCUT2D eigenvalue weighted by atomic mass is 10.0. The maximum atomic E-state index is 13.0. The summed E-state index contributed by atoms with van der Waals surface area (Å²) in [6.07, 6.45) is -3.05. The Morgan fingerprint density at radius 3 is 2.12 bits per heavy atom. The minimum Gasteiger partial charge on any atom is -0.343 e. The molecule has 0 radical (unpaired) electrons. The Hall–Kier alpha value is -2.78. The number of anilines is 1. The predicted molar refractivity (Wildman–Crippen MR) is 118 cm³/mol. The first-order valence-electron chi connectivity index (χ1n) is 9.40. The number of aromatic nitrogens is 1. The van der Waals surface area contributed by atoms with Gasteiger partial charge < -0.3 is 4.57 Å². The van der Waals surface area contributed by atoms with E-state index in [2.05, 4.69) is 4.72 Å². The van der Waals surface area contributed by atoms with Gasteiger partial charge in [0.2, 0.25) is 15.8 Å². The van der Waals surface area contributed by atoms with Crippen molar-refractivity contribution >= 4 is 33.1 Å². The van der Waals surface area contributed by atoms with E-state index in [-0.39, 0.29) is 5.56 Å². The number of carbonyl (C=O) groups is 1. The van der Waals surface area contributed by atoms with Crippen molar-refractivity contribution in [3.63, 3.8) is 0 Å². The summed E-state index contributed by atoms with van der Waals surface area (Å²) in [6, 6.07) is 10.8. The van der Waals surface area contributed by atoms with Gasteiger partial charge in [-0.05, 0) is 42.3 Å². The smallest absolute Gasteiger partial charge is 0.343 e. The van der Waals surface area contributed by atoms with Crippen molar-refractivity contribution in [3.8, 4) is 0 Å². The summed E-state index contributed by atoms with van der Waals surface area (Å²) in [6.45, 7) is 1.68. The molecule has 2 aromatic carbocycles. The van der Waals surface area contributed by atoms with Crippen LogP contribution in [-0.4, -0.2) is 25.0 Å². The van der Waals surface area contributed by atoms with E-state index < -0.39 is 27.5 Å². The lowest BCUT2D eigenvalue weighted by molar-refractivity contribution is -0.137.